The lowest BCUT2D eigenvalue weighted by molar-refractivity contribution is 0.0268. The van der Waals surface area contributed by atoms with E-state index in [1.165, 1.54) is 16.7 Å². The van der Waals surface area contributed by atoms with E-state index in [2.05, 4.69) is 47.7 Å². The van der Waals surface area contributed by atoms with E-state index >= 15 is 0 Å². The van der Waals surface area contributed by atoms with E-state index in [1.807, 2.05) is 13.8 Å². The van der Waals surface area contributed by atoms with Gasteiger partial charge in [0.1, 0.15) is 0 Å². The van der Waals surface area contributed by atoms with E-state index in [-0.39, 0.29) is 29.6 Å². The summed E-state index contributed by atoms with van der Waals surface area (Å²) in [5.74, 6) is 0.787. The van der Waals surface area contributed by atoms with Crippen LogP contribution in [0, 0.1) is 13.8 Å². The minimum absolute atomic E-state index is 0. The largest absolute Gasteiger partial charge is 0.377 e. The summed E-state index contributed by atoms with van der Waals surface area (Å²) in [7, 11) is 3.49. The van der Waals surface area contributed by atoms with Crippen molar-refractivity contribution in [1.82, 2.24) is 10.6 Å². The summed E-state index contributed by atoms with van der Waals surface area (Å²) in [5.41, 5.74) is 3.66. The zero-order chi connectivity index (χ0) is 15.2. The maximum absolute atomic E-state index is 5.38. The quantitative estimate of drug-likeness (QED) is 0.450. The van der Waals surface area contributed by atoms with Crippen molar-refractivity contribution < 1.29 is 4.74 Å². The van der Waals surface area contributed by atoms with Crippen LogP contribution in [0.4, 0.5) is 0 Å². The molecule has 0 aliphatic rings. The monoisotopic (exact) mass is 405 g/mol. The van der Waals surface area contributed by atoms with E-state index in [0.29, 0.717) is 6.54 Å². The van der Waals surface area contributed by atoms with Crippen LogP contribution in [0.1, 0.15) is 30.5 Å². The van der Waals surface area contributed by atoms with Crippen LogP contribution >= 0.6 is 24.0 Å². The number of benzene rings is 1. The fourth-order valence-corrected chi connectivity index (χ4v) is 1.81. The summed E-state index contributed by atoms with van der Waals surface area (Å²) in [6, 6.07) is 6.49. The molecule has 0 radical (unpaired) electrons. The van der Waals surface area contributed by atoms with E-state index in [4.69, 9.17) is 4.74 Å². The Labute approximate surface area is 145 Å². The number of aliphatic imine (C=N–C) groups is 1. The fraction of sp³-hybridized carbons (Fsp3) is 0.562. The number of guanidine groups is 1. The van der Waals surface area contributed by atoms with Crippen LogP contribution in [0.3, 0.4) is 0 Å². The van der Waals surface area contributed by atoms with Crippen molar-refractivity contribution in [2.24, 2.45) is 4.99 Å². The molecule has 0 saturated carbocycles. The number of halogens is 1. The van der Waals surface area contributed by atoms with Gasteiger partial charge in [0.15, 0.2) is 5.96 Å². The van der Waals surface area contributed by atoms with Crippen LogP contribution in [0.5, 0.6) is 0 Å². The average Bonchev–Trinajstić information content (AvgIpc) is 2.41. The Balaban J connectivity index is 0.00000400. The van der Waals surface area contributed by atoms with Crippen LogP contribution in [0.15, 0.2) is 23.2 Å². The summed E-state index contributed by atoms with van der Waals surface area (Å²) in [6.07, 6.45) is 0. The average molecular weight is 405 g/mol. The van der Waals surface area contributed by atoms with E-state index < -0.39 is 0 Å². The summed E-state index contributed by atoms with van der Waals surface area (Å²) in [4.78, 5) is 4.23. The zero-order valence-corrected chi connectivity index (χ0v) is 16.2. The third-order valence-corrected chi connectivity index (χ3v) is 3.40. The zero-order valence-electron chi connectivity index (χ0n) is 13.9. The molecule has 0 heterocycles. The third-order valence-electron chi connectivity index (χ3n) is 3.40. The summed E-state index contributed by atoms with van der Waals surface area (Å²) in [6.45, 7) is 9.79. The molecular weight excluding hydrogens is 377 g/mol. The number of hydrogen-bond acceptors (Lipinski definition) is 2. The van der Waals surface area contributed by atoms with E-state index in [1.54, 1.807) is 14.2 Å². The molecule has 2 N–H and O–H groups in total. The van der Waals surface area contributed by atoms with Crippen molar-refractivity contribution in [3.8, 4) is 0 Å². The lowest BCUT2D eigenvalue weighted by atomic mass is 10.1. The second kappa shape index (κ2) is 9.25. The molecule has 1 aromatic rings. The lowest BCUT2D eigenvalue weighted by Crippen LogP contribution is -2.45. The van der Waals surface area contributed by atoms with Gasteiger partial charge >= 0.3 is 0 Å². The molecule has 120 valence electrons. The number of rotatable bonds is 5. The summed E-state index contributed by atoms with van der Waals surface area (Å²) in [5, 5.41) is 6.60. The minimum atomic E-state index is -0.211. The normalized spacial score (nSPS) is 11.8. The van der Waals surface area contributed by atoms with Gasteiger partial charge in [-0.1, -0.05) is 23.8 Å². The highest BCUT2D eigenvalue weighted by molar-refractivity contribution is 14.0. The van der Waals surface area contributed by atoms with Crippen molar-refractivity contribution in [3.63, 3.8) is 0 Å². The van der Waals surface area contributed by atoms with Crippen molar-refractivity contribution in [2.75, 3.05) is 20.7 Å². The molecule has 0 fully saturated rings. The predicted octanol–water partition coefficient (Wildman–Crippen LogP) is 3.01. The number of nitrogens with one attached hydrogen (secondary N) is 2. The maximum atomic E-state index is 5.38. The Bertz CT molecular complexity index is 473. The second-order valence-electron chi connectivity index (χ2n) is 5.67. The molecular formula is C16H28IN3O. The van der Waals surface area contributed by atoms with Gasteiger partial charge < -0.3 is 15.4 Å². The molecule has 1 aromatic carbocycles. The third kappa shape index (κ3) is 7.13. The van der Waals surface area contributed by atoms with Crippen LogP contribution < -0.4 is 10.6 Å². The number of hydrogen-bond donors (Lipinski definition) is 2. The Morgan fingerprint density at radius 2 is 1.90 bits per heavy atom. The fourth-order valence-electron chi connectivity index (χ4n) is 1.81. The first-order valence-corrected chi connectivity index (χ1v) is 6.94. The maximum Gasteiger partial charge on any atom is 0.191 e. The Morgan fingerprint density at radius 3 is 2.43 bits per heavy atom. The van der Waals surface area contributed by atoms with Crippen LogP contribution in [-0.2, 0) is 11.3 Å². The molecule has 21 heavy (non-hydrogen) atoms. The Hall–Kier alpha value is -0.820. The molecule has 0 atom stereocenters. The first-order valence-electron chi connectivity index (χ1n) is 6.94. The first kappa shape index (κ1) is 20.2. The van der Waals surface area contributed by atoms with Gasteiger partial charge in [-0.3, -0.25) is 4.99 Å². The molecule has 0 bridgehead atoms. The minimum Gasteiger partial charge on any atom is -0.377 e. The van der Waals surface area contributed by atoms with Gasteiger partial charge in [-0.25, -0.2) is 0 Å². The van der Waals surface area contributed by atoms with Crippen LogP contribution in [0.2, 0.25) is 0 Å². The van der Waals surface area contributed by atoms with Gasteiger partial charge in [0.2, 0.25) is 0 Å². The van der Waals surface area contributed by atoms with Crippen molar-refractivity contribution in [3.05, 3.63) is 34.9 Å². The van der Waals surface area contributed by atoms with Crippen molar-refractivity contribution in [1.29, 1.82) is 0 Å². The van der Waals surface area contributed by atoms with E-state index in [0.717, 1.165) is 12.5 Å². The highest BCUT2D eigenvalue weighted by atomic mass is 127. The number of ether oxygens (including phenoxy) is 1. The summed E-state index contributed by atoms with van der Waals surface area (Å²) < 4.78 is 5.38. The van der Waals surface area contributed by atoms with Crippen molar-refractivity contribution in [2.45, 2.75) is 39.8 Å². The SMILES string of the molecule is CN=C(NCc1ccc(C)cc1C)NCC(C)(C)OC.I. The molecule has 0 saturated heterocycles. The van der Waals surface area contributed by atoms with E-state index in [9.17, 15) is 0 Å². The standard InChI is InChI=1S/C16H27N3O.HI/c1-12-7-8-14(13(2)9-12)10-18-15(17-5)19-11-16(3,4)20-6;/h7-9H,10-11H2,1-6H3,(H2,17,18,19);1H. The van der Waals surface area contributed by atoms with Crippen LogP contribution in [-0.4, -0.2) is 32.3 Å². The van der Waals surface area contributed by atoms with Gasteiger partial charge in [-0.2, -0.15) is 0 Å². The molecule has 0 aliphatic carbocycles. The molecule has 0 aromatic heterocycles. The molecule has 1 rings (SSSR count). The molecule has 5 heteroatoms. The predicted molar refractivity (Wildman–Crippen MR) is 101 cm³/mol. The van der Waals surface area contributed by atoms with Crippen LogP contribution in [0.25, 0.3) is 0 Å². The molecule has 0 amide bonds. The Morgan fingerprint density at radius 1 is 1.24 bits per heavy atom. The van der Waals surface area contributed by atoms with Gasteiger partial charge in [-0.05, 0) is 38.8 Å². The lowest BCUT2D eigenvalue weighted by Gasteiger charge is -2.24. The highest BCUT2D eigenvalue weighted by Gasteiger charge is 2.16. The number of nitrogens with zero attached hydrogens (tertiary/aromatic N) is 1. The smallest absolute Gasteiger partial charge is 0.191 e. The molecule has 0 aliphatic heterocycles. The first-order chi connectivity index (χ1) is 9.38. The van der Waals surface area contributed by atoms with Gasteiger partial charge in [0.25, 0.3) is 0 Å². The number of aryl methyl sites for hydroxylation is 2. The topological polar surface area (TPSA) is 45.7 Å². The molecule has 0 spiro atoms. The molecule has 0 unspecified atom stereocenters. The number of methoxy groups -OCH3 is 1. The summed E-state index contributed by atoms with van der Waals surface area (Å²) >= 11 is 0. The van der Waals surface area contributed by atoms with Gasteiger partial charge in [0.05, 0.1) is 5.60 Å². The highest BCUT2D eigenvalue weighted by Crippen LogP contribution is 2.10. The van der Waals surface area contributed by atoms with Crippen molar-refractivity contribution >= 4 is 29.9 Å². The van der Waals surface area contributed by atoms with Gasteiger partial charge in [-0.15, -0.1) is 24.0 Å². The second-order valence-corrected chi connectivity index (χ2v) is 5.67. The van der Waals surface area contributed by atoms with Gasteiger partial charge in [0, 0.05) is 27.2 Å². The Kier molecular flexibility index (Phi) is 8.89. The molecule has 4 nitrogen and oxygen atoms in total.